The molecule has 0 radical (unpaired) electrons. The summed E-state index contributed by atoms with van der Waals surface area (Å²) >= 11 is 4.08. The molecule has 0 heterocycles. The molecular formula is C22H29NO4S2. The summed E-state index contributed by atoms with van der Waals surface area (Å²) in [5.74, 6) is -0.374. The Kier molecular flexibility index (Phi) is 7.40. The number of ether oxygens (including phenoxy) is 1. The van der Waals surface area contributed by atoms with Gasteiger partial charge >= 0.3 is 5.97 Å². The number of anilines is 1. The lowest BCUT2D eigenvalue weighted by Crippen LogP contribution is -2.34. The predicted octanol–water partition coefficient (Wildman–Crippen LogP) is 5.15. The smallest absolute Gasteiger partial charge is 0.341 e. The molecule has 2 aromatic carbocycles. The average molecular weight is 436 g/mol. The fourth-order valence-corrected chi connectivity index (χ4v) is 4.25. The Labute approximate surface area is 179 Å². The maximum atomic E-state index is 13.0. The van der Waals surface area contributed by atoms with E-state index in [-0.39, 0.29) is 11.8 Å². The van der Waals surface area contributed by atoms with Crippen LogP contribution in [0, 0.1) is 13.8 Å². The quantitative estimate of drug-likeness (QED) is 0.358. The summed E-state index contributed by atoms with van der Waals surface area (Å²) in [6.07, 6.45) is 0. The first kappa shape index (κ1) is 23.3. The lowest BCUT2D eigenvalue weighted by Gasteiger charge is -2.22. The number of hydrogen-bond donors (Lipinski definition) is 2. The van der Waals surface area contributed by atoms with E-state index in [2.05, 4.69) is 17.4 Å². The number of esters is 1. The van der Waals surface area contributed by atoms with E-state index in [4.69, 9.17) is 4.74 Å². The molecule has 0 aliphatic heterocycles. The summed E-state index contributed by atoms with van der Waals surface area (Å²) in [7, 11) is -4.13. The molecule has 0 saturated carbocycles. The second-order valence-corrected chi connectivity index (χ2v) is 10.4. The third kappa shape index (κ3) is 5.34. The zero-order valence-electron chi connectivity index (χ0n) is 17.7. The predicted molar refractivity (Wildman–Crippen MR) is 121 cm³/mol. The molecule has 29 heavy (non-hydrogen) atoms. The Hall–Kier alpha value is -1.99. The number of thiol groups is 1. The minimum atomic E-state index is -4.13. The van der Waals surface area contributed by atoms with Gasteiger partial charge < -0.3 is 4.74 Å². The van der Waals surface area contributed by atoms with Crippen molar-refractivity contribution in [3.05, 3.63) is 58.7 Å². The third-order valence-corrected chi connectivity index (χ3v) is 7.04. The van der Waals surface area contributed by atoms with Crippen LogP contribution < -0.4 is 9.46 Å². The van der Waals surface area contributed by atoms with Gasteiger partial charge in [-0.3, -0.25) is 4.72 Å². The van der Waals surface area contributed by atoms with Gasteiger partial charge in [0.2, 0.25) is 4.58 Å². The van der Waals surface area contributed by atoms with Crippen LogP contribution in [0.5, 0.6) is 5.75 Å². The number of benzene rings is 2. The molecule has 2 rings (SSSR count). The molecule has 5 nitrogen and oxygen atoms in total. The Morgan fingerprint density at radius 2 is 1.38 bits per heavy atom. The lowest BCUT2D eigenvalue weighted by molar-refractivity contribution is -0.132. The van der Waals surface area contributed by atoms with Gasteiger partial charge in [-0.2, -0.15) is 0 Å². The highest BCUT2D eigenvalue weighted by Crippen LogP contribution is 2.34. The summed E-state index contributed by atoms with van der Waals surface area (Å²) in [5.41, 5.74) is 3.73. The number of rotatable bonds is 7. The first-order valence-corrected chi connectivity index (χ1v) is 11.6. The fourth-order valence-electron chi connectivity index (χ4n) is 3.10. The summed E-state index contributed by atoms with van der Waals surface area (Å²) in [6, 6.07) is 11.1. The molecule has 1 N–H and O–H groups in total. The van der Waals surface area contributed by atoms with Crippen molar-refractivity contribution in [2.75, 3.05) is 4.72 Å². The molecule has 0 bridgehead atoms. The molecule has 7 heteroatoms. The summed E-state index contributed by atoms with van der Waals surface area (Å²) < 4.78 is 32.3. The summed E-state index contributed by atoms with van der Waals surface area (Å²) in [6.45, 7) is 11.6. The minimum absolute atomic E-state index is 0.103. The van der Waals surface area contributed by atoms with Crippen LogP contribution in [0.25, 0.3) is 0 Å². The number of carbonyl (C=O) groups is 1. The SMILES string of the molecule is Cc1cccc(C)c1OC(=O)C(S)S(=O)(=O)Nc1c(C(C)C)cccc1C(C)C. The van der Waals surface area contributed by atoms with Gasteiger partial charge in [0, 0.05) is 0 Å². The van der Waals surface area contributed by atoms with Gasteiger partial charge in [0.15, 0.2) is 0 Å². The zero-order chi connectivity index (χ0) is 21.9. The largest absolute Gasteiger partial charge is 0.424 e. The molecule has 0 aromatic heterocycles. The van der Waals surface area contributed by atoms with Crippen LogP contribution in [0.15, 0.2) is 36.4 Å². The standard InChI is InChI=1S/C22H29NO4S2/c1-13(2)17-11-8-12-18(14(3)4)19(17)23-29(25,26)22(28)21(24)27-20-15(5)9-7-10-16(20)6/h7-14,22-23,28H,1-6H3. The second-order valence-electron chi connectivity index (χ2n) is 7.76. The molecule has 158 valence electrons. The van der Waals surface area contributed by atoms with Gasteiger partial charge in [-0.1, -0.05) is 64.1 Å². The highest BCUT2D eigenvalue weighted by Gasteiger charge is 2.33. The highest BCUT2D eigenvalue weighted by molar-refractivity contribution is 8.06. The highest BCUT2D eigenvalue weighted by atomic mass is 32.3. The van der Waals surface area contributed by atoms with E-state index in [1.807, 2.05) is 52.0 Å². The number of nitrogens with one attached hydrogen (secondary N) is 1. The number of aryl methyl sites for hydroxylation is 2. The van der Waals surface area contributed by atoms with Gasteiger partial charge in [-0.05, 0) is 47.9 Å². The molecule has 0 spiro atoms. The fraction of sp³-hybridized carbons (Fsp3) is 0.409. The van der Waals surface area contributed by atoms with E-state index in [1.165, 1.54) is 0 Å². The van der Waals surface area contributed by atoms with Gasteiger partial charge in [0.25, 0.3) is 10.0 Å². The number of carbonyl (C=O) groups excluding carboxylic acids is 1. The van der Waals surface area contributed by atoms with Crippen LogP contribution >= 0.6 is 12.6 Å². The van der Waals surface area contributed by atoms with E-state index in [1.54, 1.807) is 26.0 Å². The van der Waals surface area contributed by atoms with Crippen LogP contribution in [0.1, 0.15) is 61.8 Å². The van der Waals surface area contributed by atoms with Crippen molar-refractivity contribution in [2.24, 2.45) is 0 Å². The lowest BCUT2D eigenvalue weighted by atomic mass is 9.93. The number of hydrogen-bond acceptors (Lipinski definition) is 5. The Morgan fingerprint density at radius 3 is 1.83 bits per heavy atom. The van der Waals surface area contributed by atoms with E-state index in [0.29, 0.717) is 11.4 Å². The Balaban J connectivity index is 2.35. The molecule has 1 atom stereocenters. The molecule has 0 aliphatic rings. The van der Waals surface area contributed by atoms with Gasteiger partial charge in [0.1, 0.15) is 5.75 Å². The van der Waals surface area contributed by atoms with E-state index in [9.17, 15) is 13.2 Å². The first-order chi connectivity index (χ1) is 13.5. The first-order valence-electron chi connectivity index (χ1n) is 9.56. The minimum Gasteiger partial charge on any atom is -0.424 e. The zero-order valence-corrected chi connectivity index (χ0v) is 19.4. The van der Waals surface area contributed by atoms with Gasteiger partial charge in [0.05, 0.1) is 5.69 Å². The normalized spacial score (nSPS) is 12.9. The molecule has 0 amide bonds. The monoisotopic (exact) mass is 435 g/mol. The van der Waals surface area contributed by atoms with E-state index < -0.39 is 20.6 Å². The molecule has 0 fully saturated rings. The molecule has 0 aliphatic carbocycles. The third-order valence-electron chi connectivity index (χ3n) is 4.72. The van der Waals surface area contributed by atoms with Crippen molar-refractivity contribution in [1.82, 2.24) is 0 Å². The van der Waals surface area contributed by atoms with Crippen molar-refractivity contribution in [3.8, 4) is 5.75 Å². The van der Waals surface area contributed by atoms with Crippen LogP contribution in [0.3, 0.4) is 0 Å². The van der Waals surface area contributed by atoms with Gasteiger partial charge in [-0.15, -0.1) is 12.6 Å². The van der Waals surface area contributed by atoms with Crippen molar-refractivity contribution in [1.29, 1.82) is 0 Å². The maximum absolute atomic E-state index is 13.0. The Morgan fingerprint density at radius 1 is 0.931 bits per heavy atom. The molecule has 2 aromatic rings. The number of sulfonamides is 1. The number of para-hydroxylation sites is 2. The van der Waals surface area contributed by atoms with Crippen LogP contribution in [-0.2, 0) is 14.8 Å². The second kappa shape index (κ2) is 9.22. The van der Waals surface area contributed by atoms with Crippen molar-refractivity contribution in [2.45, 2.75) is 58.0 Å². The topological polar surface area (TPSA) is 72.5 Å². The molecule has 0 saturated heterocycles. The summed E-state index contributed by atoms with van der Waals surface area (Å²) in [4.78, 5) is 12.6. The van der Waals surface area contributed by atoms with Crippen LogP contribution in [0.2, 0.25) is 0 Å². The van der Waals surface area contributed by atoms with Crippen molar-refractivity contribution < 1.29 is 17.9 Å². The molecule has 1 unspecified atom stereocenters. The Bertz CT molecular complexity index is 951. The van der Waals surface area contributed by atoms with Crippen molar-refractivity contribution >= 4 is 34.3 Å². The van der Waals surface area contributed by atoms with E-state index >= 15 is 0 Å². The van der Waals surface area contributed by atoms with Crippen LogP contribution in [0.4, 0.5) is 5.69 Å². The van der Waals surface area contributed by atoms with E-state index in [0.717, 1.165) is 22.3 Å². The summed E-state index contributed by atoms with van der Waals surface area (Å²) in [5, 5.41) is 0. The van der Waals surface area contributed by atoms with Gasteiger partial charge in [-0.25, -0.2) is 13.2 Å². The molecular weight excluding hydrogens is 406 g/mol. The average Bonchev–Trinajstić information content (AvgIpc) is 2.63. The van der Waals surface area contributed by atoms with Crippen molar-refractivity contribution in [3.63, 3.8) is 0 Å². The van der Waals surface area contributed by atoms with Crippen LogP contribution in [-0.4, -0.2) is 19.0 Å². The maximum Gasteiger partial charge on any atom is 0.341 e.